The van der Waals surface area contributed by atoms with Gasteiger partial charge in [0.2, 0.25) is 0 Å². The second kappa shape index (κ2) is 8.46. The summed E-state index contributed by atoms with van der Waals surface area (Å²) >= 11 is 0. The Morgan fingerprint density at radius 2 is 2.11 bits per heavy atom. The number of likely N-dealkylation sites (tertiary alicyclic amines) is 1. The second-order valence-electron chi connectivity index (χ2n) is 7.04. The van der Waals surface area contributed by atoms with Crippen LogP contribution in [0.4, 0.5) is 4.79 Å². The zero-order valence-electron chi connectivity index (χ0n) is 16.2. The van der Waals surface area contributed by atoms with E-state index in [1.807, 2.05) is 0 Å². The van der Waals surface area contributed by atoms with E-state index in [1.54, 1.807) is 36.1 Å². The van der Waals surface area contributed by atoms with Crippen molar-refractivity contribution in [3.05, 3.63) is 35.4 Å². The van der Waals surface area contributed by atoms with E-state index < -0.39 is 11.6 Å². The molecule has 1 fully saturated rings. The summed E-state index contributed by atoms with van der Waals surface area (Å²) in [6.45, 7) is 3.23. The summed E-state index contributed by atoms with van der Waals surface area (Å²) in [7, 11) is 1.31. The topological polar surface area (TPSA) is 82.1 Å². The van der Waals surface area contributed by atoms with Crippen LogP contribution in [-0.4, -0.2) is 55.2 Å². The minimum Gasteiger partial charge on any atom is -0.486 e. The van der Waals surface area contributed by atoms with E-state index in [0.29, 0.717) is 43.9 Å². The Morgan fingerprint density at radius 1 is 1.29 bits per heavy atom. The molecule has 0 aromatic heterocycles. The van der Waals surface area contributed by atoms with Crippen molar-refractivity contribution in [1.29, 1.82) is 0 Å². The van der Waals surface area contributed by atoms with Crippen LogP contribution in [0.1, 0.15) is 48.5 Å². The predicted molar refractivity (Wildman–Crippen MR) is 102 cm³/mol. The van der Waals surface area contributed by atoms with Gasteiger partial charge in [0, 0.05) is 25.6 Å². The lowest BCUT2D eigenvalue weighted by atomic mass is 9.84. The fourth-order valence-electron chi connectivity index (χ4n) is 3.69. The van der Waals surface area contributed by atoms with E-state index in [9.17, 15) is 14.4 Å². The Hall–Kier alpha value is -2.83. The summed E-state index contributed by atoms with van der Waals surface area (Å²) in [5.74, 6) is 0.110. The molecule has 0 radical (unpaired) electrons. The van der Waals surface area contributed by atoms with Crippen molar-refractivity contribution in [1.82, 2.24) is 4.90 Å². The van der Waals surface area contributed by atoms with Crippen LogP contribution in [0.3, 0.4) is 0 Å². The first-order chi connectivity index (χ1) is 13.5. The van der Waals surface area contributed by atoms with E-state index in [1.165, 1.54) is 13.2 Å². The summed E-state index contributed by atoms with van der Waals surface area (Å²) in [6.07, 6.45) is 4.92. The van der Waals surface area contributed by atoms with E-state index in [2.05, 4.69) is 4.74 Å². The van der Waals surface area contributed by atoms with Crippen molar-refractivity contribution < 1.29 is 28.6 Å². The van der Waals surface area contributed by atoms with Crippen LogP contribution >= 0.6 is 0 Å². The van der Waals surface area contributed by atoms with Crippen LogP contribution in [0.2, 0.25) is 0 Å². The molecule has 1 saturated heterocycles. The minimum atomic E-state index is -0.589. The lowest BCUT2D eigenvalue weighted by molar-refractivity contribution is -0.134. The number of ether oxygens (including phenoxy) is 3. The molecule has 2 aliphatic rings. The average Bonchev–Trinajstić information content (AvgIpc) is 2.89. The Balaban J connectivity index is 1.75. The quantitative estimate of drug-likeness (QED) is 0.585. The number of hydrogen-bond donors (Lipinski definition) is 0. The highest BCUT2D eigenvalue weighted by Gasteiger charge is 2.42. The van der Waals surface area contributed by atoms with Crippen molar-refractivity contribution in [2.45, 2.75) is 38.2 Å². The zero-order valence-corrected chi connectivity index (χ0v) is 16.2. The van der Waals surface area contributed by atoms with Crippen LogP contribution < -0.4 is 4.74 Å². The zero-order chi connectivity index (χ0) is 20.1. The molecule has 2 aliphatic heterocycles. The lowest BCUT2D eigenvalue weighted by Crippen LogP contribution is -2.43. The molecule has 1 amide bonds. The lowest BCUT2D eigenvalue weighted by Gasteiger charge is -2.37. The predicted octanol–water partition coefficient (Wildman–Crippen LogP) is 3.22. The Kier molecular flexibility index (Phi) is 6.02. The first-order valence-electron chi connectivity index (χ1n) is 9.50. The van der Waals surface area contributed by atoms with Crippen molar-refractivity contribution in [2.24, 2.45) is 0 Å². The van der Waals surface area contributed by atoms with Gasteiger partial charge in [-0.3, -0.25) is 4.79 Å². The first kappa shape index (κ1) is 19.9. The molecule has 2 heterocycles. The van der Waals surface area contributed by atoms with Crippen molar-refractivity contribution in [3.8, 4) is 5.75 Å². The number of carbonyl (C=O) groups excluding carboxylic acids is 3. The van der Waals surface area contributed by atoms with Gasteiger partial charge in [-0.25, -0.2) is 9.59 Å². The second-order valence-corrected chi connectivity index (χ2v) is 7.04. The smallest absolute Gasteiger partial charge is 0.409 e. The number of Topliss-reactive ketones (excluding diaryl/α,β-unsaturated/α-hetero) is 1. The molecule has 1 spiro atoms. The third kappa shape index (κ3) is 4.35. The standard InChI is InChI=1S/C21H25NO6/c1-3-27-20(25)22-11-4-9-21(10-12-22)14-17(23)16-13-15(5-7-18(16)28-21)6-8-19(24)26-2/h5-8,13H,3-4,9-12,14H2,1-2H3/b8-6+. The van der Waals surface area contributed by atoms with Gasteiger partial charge < -0.3 is 19.1 Å². The number of benzene rings is 1. The van der Waals surface area contributed by atoms with Crippen molar-refractivity contribution in [3.63, 3.8) is 0 Å². The first-order valence-corrected chi connectivity index (χ1v) is 9.50. The monoisotopic (exact) mass is 387 g/mol. The third-order valence-corrected chi connectivity index (χ3v) is 5.15. The van der Waals surface area contributed by atoms with Gasteiger partial charge in [-0.2, -0.15) is 0 Å². The number of fused-ring (bicyclic) bond motifs is 1. The van der Waals surface area contributed by atoms with E-state index >= 15 is 0 Å². The van der Waals surface area contributed by atoms with Crippen molar-refractivity contribution >= 4 is 23.9 Å². The molecule has 1 unspecified atom stereocenters. The highest BCUT2D eigenvalue weighted by Crippen LogP contribution is 2.39. The minimum absolute atomic E-state index is 0.0131. The fourth-order valence-corrected chi connectivity index (χ4v) is 3.69. The third-order valence-electron chi connectivity index (χ3n) is 5.15. The number of esters is 1. The van der Waals surface area contributed by atoms with Gasteiger partial charge >= 0.3 is 12.1 Å². The van der Waals surface area contributed by atoms with Gasteiger partial charge in [-0.05, 0) is 43.5 Å². The molecular weight excluding hydrogens is 362 g/mol. The summed E-state index contributed by atoms with van der Waals surface area (Å²) < 4.78 is 16.0. The summed E-state index contributed by atoms with van der Waals surface area (Å²) in [6, 6.07) is 5.29. The number of amides is 1. The maximum absolute atomic E-state index is 12.8. The number of carbonyl (C=O) groups is 3. The normalized spacial score (nSPS) is 21.8. The maximum atomic E-state index is 12.8. The molecular formula is C21H25NO6. The van der Waals surface area contributed by atoms with E-state index in [4.69, 9.17) is 9.47 Å². The van der Waals surface area contributed by atoms with Crippen LogP contribution in [-0.2, 0) is 14.3 Å². The number of ketones is 1. The van der Waals surface area contributed by atoms with Gasteiger partial charge in [0.25, 0.3) is 0 Å². The fraction of sp³-hybridized carbons (Fsp3) is 0.476. The van der Waals surface area contributed by atoms with Gasteiger partial charge in [0.15, 0.2) is 5.78 Å². The Labute approximate surface area is 164 Å². The Bertz CT molecular complexity index is 802. The summed E-state index contributed by atoms with van der Waals surface area (Å²) in [5, 5.41) is 0. The number of hydrogen-bond acceptors (Lipinski definition) is 6. The number of methoxy groups -OCH3 is 1. The van der Waals surface area contributed by atoms with E-state index in [-0.39, 0.29) is 18.3 Å². The molecule has 28 heavy (non-hydrogen) atoms. The highest BCUT2D eigenvalue weighted by atomic mass is 16.6. The molecule has 150 valence electrons. The van der Waals surface area contributed by atoms with Crippen LogP contribution in [0, 0.1) is 0 Å². The van der Waals surface area contributed by atoms with E-state index in [0.717, 1.165) is 12.0 Å². The molecule has 0 aliphatic carbocycles. The molecule has 1 aromatic rings. The molecule has 0 N–H and O–H groups in total. The SMILES string of the molecule is CCOC(=O)N1CCCC2(CC1)CC(=O)c1cc(/C=C/C(=O)OC)ccc1O2. The Morgan fingerprint density at radius 3 is 2.86 bits per heavy atom. The molecule has 1 atom stereocenters. The average molecular weight is 387 g/mol. The van der Waals surface area contributed by atoms with Gasteiger partial charge in [0.05, 0.1) is 25.7 Å². The molecule has 7 nitrogen and oxygen atoms in total. The van der Waals surface area contributed by atoms with Gasteiger partial charge in [-0.1, -0.05) is 6.07 Å². The summed E-state index contributed by atoms with van der Waals surface area (Å²) in [5.41, 5.74) is 0.657. The summed E-state index contributed by atoms with van der Waals surface area (Å²) in [4.78, 5) is 37.8. The van der Waals surface area contributed by atoms with Crippen LogP contribution in [0.5, 0.6) is 5.75 Å². The van der Waals surface area contributed by atoms with Gasteiger partial charge in [-0.15, -0.1) is 0 Å². The van der Waals surface area contributed by atoms with Gasteiger partial charge in [0.1, 0.15) is 11.4 Å². The molecule has 3 rings (SSSR count). The molecule has 0 saturated carbocycles. The molecule has 7 heteroatoms. The number of nitrogens with zero attached hydrogens (tertiary/aromatic N) is 1. The van der Waals surface area contributed by atoms with Crippen LogP contribution in [0.25, 0.3) is 6.08 Å². The maximum Gasteiger partial charge on any atom is 0.409 e. The van der Waals surface area contributed by atoms with Crippen LogP contribution in [0.15, 0.2) is 24.3 Å². The largest absolute Gasteiger partial charge is 0.486 e. The number of rotatable bonds is 3. The highest BCUT2D eigenvalue weighted by molar-refractivity contribution is 6.01. The molecule has 0 bridgehead atoms. The van der Waals surface area contributed by atoms with Crippen molar-refractivity contribution in [2.75, 3.05) is 26.8 Å². The molecule has 1 aromatic carbocycles.